The highest BCUT2D eigenvalue weighted by Crippen LogP contribution is 2.44. The molecule has 0 bridgehead atoms. The van der Waals surface area contributed by atoms with Gasteiger partial charge in [0.05, 0.1) is 41.3 Å². The van der Waals surface area contributed by atoms with E-state index in [4.69, 9.17) is 9.47 Å². The van der Waals surface area contributed by atoms with Crippen molar-refractivity contribution in [2.24, 2.45) is 0 Å². The number of aromatic amines is 1. The van der Waals surface area contributed by atoms with Crippen molar-refractivity contribution in [3.63, 3.8) is 0 Å². The zero-order chi connectivity index (χ0) is 27.0. The number of nitro benzene ring substituents is 1. The second kappa shape index (κ2) is 9.69. The van der Waals surface area contributed by atoms with Gasteiger partial charge in [-0.15, -0.1) is 0 Å². The second-order valence-electron chi connectivity index (χ2n) is 8.40. The van der Waals surface area contributed by atoms with E-state index in [9.17, 15) is 24.8 Å². The Bertz CT molecular complexity index is 1590. The Morgan fingerprint density at radius 3 is 2.61 bits per heavy atom. The molecule has 0 radical (unpaired) electrons. The fourth-order valence-corrected chi connectivity index (χ4v) is 4.47. The van der Waals surface area contributed by atoms with Crippen LogP contribution in [0, 0.1) is 10.1 Å². The number of carbonyl (C=O) groups excluding carboxylic acids is 2. The second-order valence-corrected chi connectivity index (χ2v) is 8.40. The molecule has 5 rings (SSSR count). The van der Waals surface area contributed by atoms with Crippen LogP contribution in [-0.4, -0.2) is 45.4 Å². The quantitative estimate of drug-likeness (QED) is 0.120. The number of H-pyrrole nitrogens is 1. The van der Waals surface area contributed by atoms with E-state index in [-0.39, 0.29) is 22.8 Å². The summed E-state index contributed by atoms with van der Waals surface area (Å²) in [6.07, 6.45) is 0. The molecule has 0 aliphatic carbocycles. The summed E-state index contributed by atoms with van der Waals surface area (Å²) in [6.45, 7) is 2.13. The molecule has 2 N–H and O–H groups in total. The standard InChI is InChI=1S/C27H22N4O7/c1-3-38-21-14-15(11-12-20(21)37-2)23-22(24(32)16-7-6-8-17(13-16)31(35)36)25(33)26(34)30(23)27-28-18-9-4-5-10-19(18)29-27/h4-14,23,32H,3H2,1-2H3,(H,28,29)/b24-22+. The Balaban J connectivity index is 1.75. The summed E-state index contributed by atoms with van der Waals surface area (Å²) in [5.74, 6) is -1.52. The monoisotopic (exact) mass is 514 g/mol. The number of hydrogen-bond acceptors (Lipinski definition) is 8. The van der Waals surface area contributed by atoms with Crippen molar-refractivity contribution >= 4 is 40.1 Å². The third kappa shape index (κ3) is 4.09. The van der Waals surface area contributed by atoms with Crippen LogP contribution >= 0.6 is 0 Å². The van der Waals surface area contributed by atoms with Crippen LogP contribution in [-0.2, 0) is 9.59 Å². The van der Waals surface area contributed by atoms with E-state index in [0.29, 0.717) is 34.7 Å². The predicted molar refractivity (Wildman–Crippen MR) is 138 cm³/mol. The molecule has 38 heavy (non-hydrogen) atoms. The first-order chi connectivity index (χ1) is 18.3. The number of amides is 1. The summed E-state index contributed by atoms with van der Waals surface area (Å²) < 4.78 is 11.1. The number of fused-ring (bicyclic) bond motifs is 1. The normalized spacial score (nSPS) is 16.7. The minimum Gasteiger partial charge on any atom is -0.507 e. The average Bonchev–Trinajstić information content (AvgIpc) is 3.46. The number of anilines is 1. The molecule has 1 fully saturated rings. The lowest BCUT2D eigenvalue weighted by Crippen LogP contribution is -2.30. The summed E-state index contributed by atoms with van der Waals surface area (Å²) in [7, 11) is 1.49. The smallest absolute Gasteiger partial charge is 0.302 e. The summed E-state index contributed by atoms with van der Waals surface area (Å²) in [5.41, 5.74) is 1.15. The Morgan fingerprint density at radius 1 is 1.11 bits per heavy atom. The Hall–Kier alpha value is -5.19. The number of nitrogens with one attached hydrogen (secondary N) is 1. The molecule has 1 aromatic heterocycles. The van der Waals surface area contributed by atoms with E-state index in [2.05, 4.69) is 9.97 Å². The van der Waals surface area contributed by atoms with E-state index >= 15 is 0 Å². The SMILES string of the molecule is CCOc1cc(C2/C(=C(\O)c3cccc([N+](=O)[O-])c3)C(=O)C(=O)N2c2nc3ccccc3[nH]2)ccc1OC. The zero-order valence-electron chi connectivity index (χ0n) is 20.4. The molecule has 1 unspecified atom stereocenters. The number of imidazole rings is 1. The van der Waals surface area contributed by atoms with E-state index in [1.54, 1.807) is 49.4 Å². The van der Waals surface area contributed by atoms with Crippen molar-refractivity contribution < 1.29 is 29.1 Å². The van der Waals surface area contributed by atoms with Crippen molar-refractivity contribution in [1.29, 1.82) is 0 Å². The molecule has 11 nitrogen and oxygen atoms in total. The summed E-state index contributed by atoms with van der Waals surface area (Å²) in [5, 5.41) is 22.6. The molecule has 1 saturated heterocycles. The number of aliphatic hydroxyl groups is 1. The topological polar surface area (TPSA) is 148 Å². The van der Waals surface area contributed by atoms with Gasteiger partial charge in [-0.3, -0.25) is 24.6 Å². The number of hydrogen-bond donors (Lipinski definition) is 2. The van der Waals surface area contributed by atoms with Gasteiger partial charge in [0.25, 0.3) is 11.5 Å². The van der Waals surface area contributed by atoms with E-state index < -0.39 is 28.4 Å². The van der Waals surface area contributed by atoms with Gasteiger partial charge in [-0.25, -0.2) is 4.98 Å². The molecule has 0 saturated carbocycles. The van der Waals surface area contributed by atoms with Gasteiger partial charge in [0, 0.05) is 17.7 Å². The Labute approximate surface area is 216 Å². The summed E-state index contributed by atoms with van der Waals surface area (Å²) in [6, 6.07) is 16.1. The Kier molecular flexibility index (Phi) is 6.25. The number of non-ortho nitro benzene ring substituents is 1. The number of carbonyl (C=O) groups is 2. The highest BCUT2D eigenvalue weighted by Gasteiger charge is 2.48. The number of para-hydroxylation sites is 2. The first kappa shape index (κ1) is 24.5. The van der Waals surface area contributed by atoms with Crippen LogP contribution < -0.4 is 14.4 Å². The molecule has 1 aliphatic rings. The molecule has 1 aliphatic heterocycles. The van der Waals surface area contributed by atoms with E-state index in [1.807, 2.05) is 0 Å². The molecule has 1 amide bonds. The highest BCUT2D eigenvalue weighted by molar-refractivity contribution is 6.51. The average molecular weight is 514 g/mol. The number of ether oxygens (including phenoxy) is 2. The number of rotatable bonds is 7. The third-order valence-corrected chi connectivity index (χ3v) is 6.18. The molecule has 2 heterocycles. The van der Waals surface area contributed by atoms with Crippen molar-refractivity contribution in [2.75, 3.05) is 18.6 Å². The molecule has 11 heteroatoms. The molecule has 4 aromatic rings. The first-order valence-electron chi connectivity index (χ1n) is 11.6. The van der Waals surface area contributed by atoms with E-state index in [1.165, 1.54) is 30.2 Å². The van der Waals surface area contributed by atoms with Gasteiger partial charge in [0.2, 0.25) is 5.95 Å². The predicted octanol–water partition coefficient (Wildman–Crippen LogP) is 4.50. The van der Waals surface area contributed by atoms with Gasteiger partial charge >= 0.3 is 5.91 Å². The van der Waals surface area contributed by atoms with Crippen LogP contribution in [0.2, 0.25) is 0 Å². The molecule has 0 spiro atoms. The number of methoxy groups -OCH3 is 1. The minimum absolute atomic E-state index is 0.0188. The number of nitro groups is 1. The van der Waals surface area contributed by atoms with Crippen molar-refractivity contribution in [3.8, 4) is 11.5 Å². The van der Waals surface area contributed by atoms with Crippen LogP contribution in [0.5, 0.6) is 11.5 Å². The first-order valence-corrected chi connectivity index (χ1v) is 11.6. The third-order valence-electron chi connectivity index (χ3n) is 6.18. The van der Waals surface area contributed by atoms with Gasteiger partial charge in [-0.05, 0) is 36.8 Å². The van der Waals surface area contributed by atoms with Crippen LogP contribution in [0.3, 0.4) is 0 Å². The van der Waals surface area contributed by atoms with Gasteiger partial charge in [0.1, 0.15) is 5.76 Å². The molecule has 3 aromatic carbocycles. The van der Waals surface area contributed by atoms with Crippen molar-refractivity contribution in [3.05, 3.63) is 93.5 Å². The van der Waals surface area contributed by atoms with Gasteiger partial charge < -0.3 is 19.6 Å². The van der Waals surface area contributed by atoms with Crippen LogP contribution in [0.15, 0.2) is 72.3 Å². The number of Topliss-reactive ketones (excluding diaryl/α,β-unsaturated/α-hetero) is 1. The lowest BCUT2D eigenvalue weighted by atomic mass is 9.95. The fraction of sp³-hybridized carbons (Fsp3) is 0.148. The lowest BCUT2D eigenvalue weighted by Gasteiger charge is -2.24. The van der Waals surface area contributed by atoms with Gasteiger partial charge in [0.15, 0.2) is 11.5 Å². The summed E-state index contributed by atoms with van der Waals surface area (Å²) in [4.78, 5) is 46.3. The van der Waals surface area contributed by atoms with Crippen LogP contribution in [0.1, 0.15) is 24.1 Å². The minimum atomic E-state index is -1.13. The number of ketones is 1. The van der Waals surface area contributed by atoms with Crippen molar-refractivity contribution in [2.45, 2.75) is 13.0 Å². The van der Waals surface area contributed by atoms with Gasteiger partial charge in [-0.2, -0.15) is 0 Å². The maximum Gasteiger partial charge on any atom is 0.302 e. The summed E-state index contributed by atoms with van der Waals surface area (Å²) >= 11 is 0. The zero-order valence-corrected chi connectivity index (χ0v) is 20.4. The molecule has 1 atom stereocenters. The number of nitrogens with zero attached hydrogens (tertiary/aromatic N) is 3. The van der Waals surface area contributed by atoms with E-state index in [0.717, 1.165) is 6.07 Å². The fourth-order valence-electron chi connectivity index (χ4n) is 4.47. The number of benzene rings is 3. The highest BCUT2D eigenvalue weighted by atomic mass is 16.6. The number of aliphatic hydroxyl groups excluding tert-OH is 1. The van der Waals surface area contributed by atoms with Crippen LogP contribution in [0.25, 0.3) is 16.8 Å². The van der Waals surface area contributed by atoms with Gasteiger partial charge in [-0.1, -0.05) is 30.3 Å². The molecular weight excluding hydrogens is 492 g/mol. The van der Waals surface area contributed by atoms with Crippen molar-refractivity contribution in [1.82, 2.24) is 9.97 Å². The van der Waals surface area contributed by atoms with Crippen LogP contribution in [0.4, 0.5) is 11.6 Å². The Morgan fingerprint density at radius 2 is 1.89 bits per heavy atom. The molecule has 192 valence electrons. The maximum absolute atomic E-state index is 13.4. The number of aromatic nitrogens is 2. The lowest BCUT2D eigenvalue weighted by molar-refractivity contribution is -0.384. The maximum atomic E-state index is 13.4. The molecular formula is C27H22N4O7. The largest absolute Gasteiger partial charge is 0.507 e.